The molecule has 48 valence electrons. The summed E-state index contributed by atoms with van der Waals surface area (Å²) in [6, 6.07) is 0. The Morgan fingerprint density at radius 1 is 1.60 bits per heavy atom. The lowest BCUT2D eigenvalue weighted by Crippen LogP contribution is -2.12. The molecule has 1 rings (SSSR count). The fraction of sp³-hybridized carbons (Fsp3) is 0.250. The quantitative estimate of drug-likeness (QED) is 0.419. The van der Waals surface area contributed by atoms with Crippen molar-refractivity contribution in [1.29, 1.82) is 0 Å². The average molecular weight is 150 g/mol. The molecule has 0 aliphatic heterocycles. The summed E-state index contributed by atoms with van der Waals surface area (Å²) in [5.74, 6) is 0.386. The molecule has 0 aromatic carbocycles. The van der Waals surface area contributed by atoms with Gasteiger partial charge in [0.15, 0.2) is 7.85 Å². The molecule has 2 radical (unpaired) electrons. The van der Waals surface area contributed by atoms with Crippen LogP contribution in [0.1, 0.15) is 0 Å². The monoisotopic (exact) mass is 150 g/mol. The molecular weight excluding hydrogens is 146 g/mol. The highest BCUT2D eigenvalue weighted by Gasteiger charge is 1.89. The van der Waals surface area contributed by atoms with Crippen LogP contribution >= 0.6 is 8.37 Å². The summed E-state index contributed by atoms with van der Waals surface area (Å²) in [5.41, 5.74) is 0.206. The van der Waals surface area contributed by atoms with E-state index in [1.165, 1.54) is 6.33 Å². The summed E-state index contributed by atoms with van der Waals surface area (Å²) in [7, 11) is 6.13. The van der Waals surface area contributed by atoms with Crippen LogP contribution in [0, 0.1) is 0 Å². The maximum Gasteiger partial charge on any atom is 0.255 e. The summed E-state index contributed by atoms with van der Waals surface area (Å²) >= 11 is 0. The minimum atomic E-state index is 0.206. The summed E-state index contributed by atoms with van der Waals surface area (Å²) in [6.45, 7) is 1.87. The Morgan fingerprint density at radius 2 is 2.40 bits per heavy atom. The molecule has 0 aliphatic carbocycles. The van der Waals surface area contributed by atoms with Crippen molar-refractivity contribution in [2.45, 2.75) is 0 Å². The van der Waals surface area contributed by atoms with E-state index in [1.807, 2.05) is 6.66 Å². The van der Waals surface area contributed by atoms with Crippen molar-refractivity contribution < 1.29 is 0 Å². The first-order chi connectivity index (χ1) is 4.83. The maximum absolute atomic E-state index is 5.26. The Kier molecular flexibility index (Phi) is 2.45. The standard InChI is InChI=1S/C4H4BN4P/c1-10-9-4-7-2-6-3(5)8-4/h2H,1H3. The van der Waals surface area contributed by atoms with Crippen molar-refractivity contribution in [1.82, 2.24) is 15.0 Å². The van der Waals surface area contributed by atoms with Gasteiger partial charge in [-0.05, 0) is 6.66 Å². The van der Waals surface area contributed by atoms with E-state index in [0.29, 0.717) is 5.95 Å². The van der Waals surface area contributed by atoms with Crippen molar-refractivity contribution >= 4 is 27.9 Å². The van der Waals surface area contributed by atoms with Crippen LogP contribution in [0.3, 0.4) is 0 Å². The smallest absolute Gasteiger partial charge is 0.234 e. The van der Waals surface area contributed by atoms with Crippen molar-refractivity contribution in [3.63, 3.8) is 0 Å². The third-order valence-electron chi connectivity index (χ3n) is 0.767. The van der Waals surface area contributed by atoms with Crippen molar-refractivity contribution in [3.8, 4) is 0 Å². The molecule has 0 spiro atoms. The second-order valence-electron chi connectivity index (χ2n) is 1.44. The zero-order chi connectivity index (χ0) is 7.40. The first kappa shape index (κ1) is 7.28. The SMILES string of the molecule is [B]c1ncnc(N=PC)n1. The summed E-state index contributed by atoms with van der Waals surface area (Å²) < 4.78 is 3.90. The Hall–Kier alpha value is -0.825. The second-order valence-corrected chi connectivity index (χ2v) is 2.04. The molecule has 0 unspecified atom stereocenters. The third kappa shape index (κ3) is 1.85. The van der Waals surface area contributed by atoms with Gasteiger partial charge in [-0.1, -0.05) is 0 Å². The highest BCUT2D eigenvalue weighted by Crippen LogP contribution is 2.04. The molecule has 0 saturated carbocycles. The highest BCUT2D eigenvalue weighted by atomic mass is 31.1. The zero-order valence-electron chi connectivity index (χ0n) is 5.39. The van der Waals surface area contributed by atoms with E-state index < -0.39 is 0 Å². The molecule has 0 atom stereocenters. The fourth-order valence-corrected chi connectivity index (χ4v) is 0.713. The molecule has 0 bridgehead atoms. The predicted molar refractivity (Wildman–Crippen MR) is 40.1 cm³/mol. The van der Waals surface area contributed by atoms with E-state index in [9.17, 15) is 0 Å². The first-order valence-corrected chi connectivity index (χ1v) is 3.86. The molecule has 0 amide bonds. The Bertz CT molecular complexity index is 251. The van der Waals surface area contributed by atoms with Gasteiger partial charge in [0.1, 0.15) is 6.33 Å². The lowest BCUT2D eigenvalue weighted by molar-refractivity contribution is 1.08. The van der Waals surface area contributed by atoms with Gasteiger partial charge in [0.2, 0.25) is 0 Å². The predicted octanol–water partition coefficient (Wildman–Crippen LogP) is 0.0565. The van der Waals surface area contributed by atoms with Crippen molar-refractivity contribution in [2.75, 3.05) is 6.66 Å². The van der Waals surface area contributed by atoms with Crippen LogP contribution < -0.4 is 5.72 Å². The zero-order valence-corrected chi connectivity index (χ0v) is 6.29. The molecule has 4 nitrogen and oxygen atoms in total. The molecule has 0 aliphatic rings. The van der Waals surface area contributed by atoms with Gasteiger partial charge in [-0.25, -0.2) is 9.97 Å². The Labute approximate surface area is 61.4 Å². The van der Waals surface area contributed by atoms with Gasteiger partial charge < -0.3 is 0 Å². The molecule has 1 heterocycles. The van der Waals surface area contributed by atoms with E-state index in [1.54, 1.807) is 0 Å². The van der Waals surface area contributed by atoms with Gasteiger partial charge in [0.25, 0.3) is 5.95 Å². The number of rotatable bonds is 1. The van der Waals surface area contributed by atoms with E-state index in [2.05, 4.69) is 19.7 Å². The van der Waals surface area contributed by atoms with Gasteiger partial charge in [-0.2, -0.15) is 9.73 Å². The van der Waals surface area contributed by atoms with Crippen molar-refractivity contribution in [2.24, 2.45) is 4.74 Å². The van der Waals surface area contributed by atoms with Crippen LogP contribution in [-0.2, 0) is 0 Å². The number of nitrogens with zero attached hydrogens (tertiary/aromatic N) is 4. The number of hydrogen-bond donors (Lipinski definition) is 0. The van der Waals surface area contributed by atoms with Crippen LogP contribution in [0.5, 0.6) is 0 Å². The van der Waals surface area contributed by atoms with Crippen LogP contribution in [0.15, 0.2) is 11.1 Å². The van der Waals surface area contributed by atoms with E-state index >= 15 is 0 Å². The van der Waals surface area contributed by atoms with Gasteiger partial charge in [0, 0.05) is 8.37 Å². The summed E-state index contributed by atoms with van der Waals surface area (Å²) in [4.78, 5) is 11.1. The molecule has 0 N–H and O–H groups in total. The average Bonchev–Trinajstić information content (AvgIpc) is 1.88. The molecule has 1 aromatic heterocycles. The topological polar surface area (TPSA) is 51.0 Å². The molecular formula is C4H4BN4P. The maximum atomic E-state index is 5.26. The van der Waals surface area contributed by atoms with Crippen LogP contribution in [0.25, 0.3) is 0 Å². The van der Waals surface area contributed by atoms with Gasteiger partial charge >= 0.3 is 0 Å². The van der Waals surface area contributed by atoms with Gasteiger partial charge in [-0.15, -0.1) is 0 Å². The van der Waals surface area contributed by atoms with Crippen LogP contribution in [-0.4, -0.2) is 29.5 Å². The number of aromatic nitrogens is 3. The van der Waals surface area contributed by atoms with Gasteiger partial charge in [0.05, 0.1) is 5.72 Å². The summed E-state index contributed by atoms with van der Waals surface area (Å²) in [5, 5.41) is 0. The molecule has 0 saturated heterocycles. The van der Waals surface area contributed by atoms with E-state index in [4.69, 9.17) is 7.85 Å². The van der Waals surface area contributed by atoms with Crippen LogP contribution in [0.2, 0.25) is 0 Å². The Morgan fingerprint density at radius 3 is 3.00 bits per heavy atom. The minimum absolute atomic E-state index is 0.206. The molecule has 10 heavy (non-hydrogen) atoms. The first-order valence-electron chi connectivity index (χ1n) is 2.57. The molecule has 1 aromatic rings. The van der Waals surface area contributed by atoms with Gasteiger partial charge in [-0.3, -0.25) is 0 Å². The third-order valence-corrected chi connectivity index (χ3v) is 1.15. The van der Waals surface area contributed by atoms with E-state index in [0.717, 1.165) is 8.37 Å². The lowest BCUT2D eigenvalue weighted by atomic mass is 10.1. The largest absolute Gasteiger partial charge is 0.255 e. The van der Waals surface area contributed by atoms with Crippen LogP contribution in [0.4, 0.5) is 5.95 Å². The molecule has 6 heteroatoms. The highest BCUT2D eigenvalue weighted by molar-refractivity contribution is 7.25. The summed E-state index contributed by atoms with van der Waals surface area (Å²) in [6.07, 6.45) is 1.34. The minimum Gasteiger partial charge on any atom is -0.234 e. The number of hydrogen-bond acceptors (Lipinski definition) is 4. The fourth-order valence-electron chi connectivity index (χ4n) is 0.437. The normalized spacial score (nSPS) is 10.5. The van der Waals surface area contributed by atoms with Crippen molar-refractivity contribution in [3.05, 3.63) is 6.33 Å². The molecule has 0 fully saturated rings. The second kappa shape index (κ2) is 3.37. The van der Waals surface area contributed by atoms with E-state index in [-0.39, 0.29) is 5.72 Å². The lowest BCUT2D eigenvalue weighted by Gasteiger charge is -1.89. The Balaban J connectivity index is 2.95.